The second-order valence-electron chi connectivity index (χ2n) is 4.87. The standard InChI is InChI=1S/C11H23B3/c1-5-10(4)8-11(13-14-12)7-6-9(2)3/h9-11H,5-8H2,1-4H3. The molecule has 14 heavy (non-hydrogen) atoms. The summed E-state index contributed by atoms with van der Waals surface area (Å²) in [6.07, 6.45) is 5.16. The molecule has 0 aliphatic rings. The van der Waals surface area contributed by atoms with E-state index in [1.165, 1.54) is 25.7 Å². The Morgan fingerprint density at radius 1 is 1.14 bits per heavy atom. The smallest absolute Gasteiger partial charge is 0.0587 e. The van der Waals surface area contributed by atoms with Crippen LogP contribution in [0.25, 0.3) is 0 Å². The molecule has 2 atom stereocenters. The predicted octanol–water partition coefficient (Wildman–Crippen LogP) is 3.05. The molecule has 0 aromatic carbocycles. The summed E-state index contributed by atoms with van der Waals surface area (Å²) in [7, 11) is 9.36. The molecule has 0 saturated carbocycles. The van der Waals surface area contributed by atoms with Crippen LogP contribution in [0, 0.1) is 11.8 Å². The van der Waals surface area contributed by atoms with Crippen LogP contribution in [-0.2, 0) is 0 Å². The fourth-order valence-electron chi connectivity index (χ4n) is 1.68. The second-order valence-corrected chi connectivity index (χ2v) is 4.87. The van der Waals surface area contributed by atoms with E-state index >= 15 is 0 Å². The number of rotatable bonds is 8. The lowest BCUT2D eigenvalue weighted by molar-refractivity contribution is 0.453. The average molecular weight is 188 g/mol. The van der Waals surface area contributed by atoms with Crippen LogP contribution in [-0.4, -0.2) is 22.0 Å². The van der Waals surface area contributed by atoms with Crippen molar-refractivity contribution in [1.29, 1.82) is 0 Å². The van der Waals surface area contributed by atoms with Gasteiger partial charge in [0.2, 0.25) is 0 Å². The van der Waals surface area contributed by atoms with E-state index in [-0.39, 0.29) is 0 Å². The van der Waals surface area contributed by atoms with E-state index in [1.54, 1.807) is 7.06 Å². The normalized spacial score (nSPS) is 15.2. The van der Waals surface area contributed by atoms with Crippen molar-refractivity contribution in [3.63, 3.8) is 0 Å². The number of hydrogen-bond acceptors (Lipinski definition) is 0. The molecule has 0 saturated heterocycles. The Labute approximate surface area is 93.5 Å². The van der Waals surface area contributed by atoms with Gasteiger partial charge in [-0.15, -0.1) is 0 Å². The maximum absolute atomic E-state index is 5.47. The highest BCUT2D eigenvalue weighted by Gasteiger charge is 2.12. The van der Waals surface area contributed by atoms with E-state index in [4.69, 9.17) is 7.74 Å². The maximum Gasteiger partial charge on any atom is 0.0587 e. The summed E-state index contributed by atoms with van der Waals surface area (Å²) < 4.78 is 0. The predicted molar refractivity (Wildman–Crippen MR) is 69.2 cm³/mol. The highest BCUT2D eigenvalue weighted by molar-refractivity contribution is 7.24. The molecule has 0 N–H and O–H groups in total. The average Bonchev–Trinajstić information content (AvgIpc) is 2.14. The van der Waals surface area contributed by atoms with Gasteiger partial charge >= 0.3 is 0 Å². The summed E-state index contributed by atoms with van der Waals surface area (Å²) in [5, 5.41) is 0. The molecule has 4 radical (unpaired) electrons. The van der Waals surface area contributed by atoms with Crippen LogP contribution in [0.3, 0.4) is 0 Å². The third-order valence-corrected chi connectivity index (χ3v) is 2.90. The van der Waals surface area contributed by atoms with Crippen LogP contribution in [0.5, 0.6) is 0 Å². The van der Waals surface area contributed by atoms with Crippen molar-refractivity contribution in [2.75, 3.05) is 0 Å². The van der Waals surface area contributed by atoms with Gasteiger partial charge in [0.25, 0.3) is 0 Å². The van der Waals surface area contributed by atoms with Crippen molar-refractivity contribution < 1.29 is 0 Å². The minimum atomic E-state index is 0.692. The summed E-state index contributed by atoms with van der Waals surface area (Å²) in [6.45, 7) is 9.15. The van der Waals surface area contributed by atoms with Gasteiger partial charge in [0.05, 0.1) is 7.17 Å². The van der Waals surface area contributed by atoms with E-state index in [2.05, 4.69) is 34.9 Å². The van der Waals surface area contributed by atoms with Crippen molar-refractivity contribution in [2.24, 2.45) is 11.8 Å². The van der Waals surface area contributed by atoms with Crippen LogP contribution in [0.2, 0.25) is 5.82 Å². The van der Waals surface area contributed by atoms with Crippen LogP contribution < -0.4 is 0 Å². The van der Waals surface area contributed by atoms with Crippen LogP contribution >= 0.6 is 0 Å². The first-order valence-corrected chi connectivity index (χ1v) is 5.98. The molecule has 0 heterocycles. The van der Waals surface area contributed by atoms with Gasteiger partial charge < -0.3 is 0 Å². The molecule has 0 fully saturated rings. The molecule has 0 amide bonds. The molecule has 0 rings (SSSR count). The molecule has 0 aliphatic heterocycles. The lowest BCUT2D eigenvalue weighted by atomic mass is 9.23. The maximum atomic E-state index is 5.47. The quantitative estimate of drug-likeness (QED) is 0.513. The zero-order valence-corrected chi connectivity index (χ0v) is 10.3. The fourth-order valence-corrected chi connectivity index (χ4v) is 1.68. The summed E-state index contributed by atoms with van der Waals surface area (Å²) in [4.78, 5) is 0. The van der Waals surface area contributed by atoms with E-state index < -0.39 is 0 Å². The largest absolute Gasteiger partial charge is 0.0780 e. The molecule has 0 spiro atoms. The van der Waals surface area contributed by atoms with Crippen molar-refractivity contribution in [2.45, 2.75) is 59.2 Å². The van der Waals surface area contributed by atoms with Gasteiger partial charge in [-0.25, -0.2) is 0 Å². The highest BCUT2D eigenvalue weighted by Crippen LogP contribution is 2.25. The van der Waals surface area contributed by atoms with Gasteiger partial charge in [-0.3, -0.25) is 0 Å². The van der Waals surface area contributed by atoms with Crippen LogP contribution in [0.15, 0.2) is 0 Å². The minimum Gasteiger partial charge on any atom is -0.0780 e. The van der Waals surface area contributed by atoms with E-state index in [0.29, 0.717) is 5.82 Å². The molecule has 0 aliphatic carbocycles. The SMILES string of the molecule is [B][B][B]C(CCC(C)C)CC(C)CC. The Bertz CT molecular complexity index is 126. The lowest BCUT2D eigenvalue weighted by Crippen LogP contribution is -2.15. The summed E-state index contributed by atoms with van der Waals surface area (Å²) in [5.74, 6) is 2.32. The summed E-state index contributed by atoms with van der Waals surface area (Å²) in [5.41, 5.74) is 0. The Balaban J connectivity index is 3.76. The third-order valence-electron chi connectivity index (χ3n) is 2.90. The second kappa shape index (κ2) is 8.50. The van der Waals surface area contributed by atoms with Gasteiger partial charge in [0.15, 0.2) is 0 Å². The summed E-state index contributed by atoms with van der Waals surface area (Å²) >= 11 is 0. The van der Waals surface area contributed by atoms with Gasteiger partial charge in [-0.2, -0.15) is 0 Å². The topological polar surface area (TPSA) is 0 Å². The third kappa shape index (κ3) is 7.58. The zero-order chi connectivity index (χ0) is 11.0. The van der Waals surface area contributed by atoms with Gasteiger partial charge in [-0.1, -0.05) is 59.2 Å². The van der Waals surface area contributed by atoms with Gasteiger partial charge in [0, 0.05) is 14.8 Å². The minimum absolute atomic E-state index is 0.692. The van der Waals surface area contributed by atoms with Crippen LogP contribution in [0.4, 0.5) is 0 Å². The highest BCUT2D eigenvalue weighted by atomic mass is 14.1. The van der Waals surface area contributed by atoms with Crippen molar-refractivity contribution in [3.05, 3.63) is 0 Å². The monoisotopic (exact) mass is 188 g/mol. The van der Waals surface area contributed by atoms with E-state index in [0.717, 1.165) is 11.8 Å². The van der Waals surface area contributed by atoms with E-state index in [9.17, 15) is 0 Å². The van der Waals surface area contributed by atoms with Crippen molar-refractivity contribution in [1.82, 2.24) is 0 Å². The van der Waals surface area contributed by atoms with Crippen molar-refractivity contribution in [3.8, 4) is 0 Å². The Morgan fingerprint density at radius 3 is 2.21 bits per heavy atom. The molecule has 0 nitrogen and oxygen atoms in total. The summed E-state index contributed by atoms with van der Waals surface area (Å²) in [6, 6.07) is 0. The first kappa shape index (κ1) is 14.2. The Hall–Kier alpha value is 0.195. The lowest BCUT2D eigenvalue weighted by Gasteiger charge is -2.20. The molecule has 0 aromatic heterocycles. The molecule has 76 valence electrons. The number of hydrogen-bond donors (Lipinski definition) is 0. The molecular weight excluding hydrogens is 165 g/mol. The zero-order valence-electron chi connectivity index (χ0n) is 10.3. The molecule has 0 aromatic rings. The van der Waals surface area contributed by atoms with Gasteiger partial charge in [0.1, 0.15) is 0 Å². The molecule has 2 unspecified atom stereocenters. The molecule has 3 heteroatoms. The van der Waals surface area contributed by atoms with E-state index in [1.807, 2.05) is 0 Å². The van der Waals surface area contributed by atoms with Crippen molar-refractivity contribution >= 4 is 22.0 Å². The fraction of sp³-hybridized carbons (Fsp3) is 1.00. The Morgan fingerprint density at radius 2 is 1.79 bits per heavy atom. The van der Waals surface area contributed by atoms with Gasteiger partial charge in [-0.05, 0) is 11.8 Å². The molecular formula is C11H23B3. The Kier molecular flexibility index (Phi) is 8.62. The molecule has 0 bridgehead atoms. The first-order valence-electron chi connectivity index (χ1n) is 5.98. The first-order chi connectivity index (χ1) is 6.60. The van der Waals surface area contributed by atoms with Crippen LogP contribution in [0.1, 0.15) is 53.4 Å².